The summed E-state index contributed by atoms with van der Waals surface area (Å²) in [6, 6.07) is 8.78. The molecule has 0 heterocycles. The monoisotopic (exact) mass is 219 g/mol. The molecule has 1 aromatic rings. The van der Waals surface area contributed by atoms with Gasteiger partial charge < -0.3 is 10.4 Å². The van der Waals surface area contributed by atoms with Gasteiger partial charge >= 0.3 is 0 Å². The lowest BCUT2D eigenvalue weighted by Gasteiger charge is -2.13. The number of rotatable bonds is 5. The first-order chi connectivity index (χ1) is 7.69. The molecule has 1 aromatic carbocycles. The number of benzene rings is 1. The highest BCUT2D eigenvalue weighted by molar-refractivity contribution is 5.26. The molecule has 2 rings (SSSR count). The van der Waals surface area contributed by atoms with Crippen LogP contribution in [0.15, 0.2) is 24.3 Å². The molecule has 0 amide bonds. The van der Waals surface area contributed by atoms with Crippen LogP contribution in [0, 0.1) is 5.92 Å². The van der Waals surface area contributed by atoms with Gasteiger partial charge in [0.05, 0.1) is 0 Å². The summed E-state index contributed by atoms with van der Waals surface area (Å²) in [6.45, 7) is 4.49. The molecular weight excluding hydrogens is 198 g/mol. The molecule has 0 spiro atoms. The fourth-order valence-corrected chi connectivity index (χ4v) is 2.31. The molecule has 2 nitrogen and oxygen atoms in total. The van der Waals surface area contributed by atoms with Gasteiger partial charge in [0.2, 0.25) is 0 Å². The van der Waals surface area contributed by atoms with Crippen molar-refractivity contribution < 1.29 is 5.11 Å². The molecule has 16 heavy (non-hydrogen) atoms. The van der Waals surface area contributed by atoms with E-state index in [9.17, 15) is 5.11 Å². The Bertz CT molecular complexity index is 333. The Kier molecular flexibility index (Phi) is 3.49. The first-order valence-corrected chi connectivity index (χ1v) is 6.23. The van der Waals surface area contributed by atoms with Crippen molar-refractivity contribution in [1.29, 1.82) is 0 Å². The second kappa shape index (κ2) is 4.88. The maximum atomic E-state index is 9.20. The van der Waals surface area contributed by atoms with E-state index in [1.807, 2.05) is 12.1 Å². The van der Waals surface area contributed by atoms with Gasteiger partial charge in [-0.3, -0.25) is 0 Å². The van der Waals surface area contributed by atoms with E-state index in [1.54, 1.807) is 12.1 Å². The normalized spacial score (nSPS) is 25.4. The smallest absolute Gasteiger partial charge is 0.115 e. The highest BCUT2D eigenvalue weighted by Crippen LogP contribution is 2.33. The minimum absolute atomic E-state index is 0.345. The Morgan fingerprint density at radius 1 is 1.38 bits per heavy atom. The van der Waals surface area contributed by atoms with Crippen molar-refractivity contribution >= 4 is 0 Å². The van der Waals surface area contributed by atoms with Gasteiger partial charge in [-0.05, 0) is 43.4 Å². The van der Waals surface area contributed by atoms with Crippen LogP contribution in [0.1, 0.15) is 32.3 Å². The van der Waals surface area contributed by atoms with E-state index in [0.717, 1.165) is 18.4 Å². The molecular formula is C14H21NO. The highest BCUT2D eigenvalue weighted by atomic mass is 16.3. The molecule has 3 atom stereocenters. The summed E-state index contributed by atoms with van der Waals surface area (Å²) < 4.78 is 0. The van der Waals surface area contributed by atoms with E-state index >= 15 is 0 Å². The molecule has 0 radical (unpaired) electrons. The van der Waals surface area contributed by atoms with E-state index in [-0.39, 0.29) is 0 Å². The molecule has 0 aliphatic heterocycles. The fraction of sp³-hybridized carbons (Fsp3) is 0.571. The van der Waals surface area contributed by atoms with E-state index in [2.05, 4.69) is 19.2 Å². The summed E-state index contributed by atoms with van der Waals surface area (Å²) in [5.74, 6) is 1.25. The van der Waals surface area contributed by atoms with Crippen LogP contribution >= 0.6 is 0 Å². The molecule has 0 aromatic heterocycles. The molecule has 3 unspecified atom stereocenters. The molecule has 0 bridgehead atoms. The predicted molar refractivity (Wildman–Crippen MR) is 66.6 cm³/mol. The summed E-state index contributed by atoms with van der Waals surface area (Å²) in [5.41, 5.74) is 1.28. The number of nitrogens with one attached hydrogen (secondary N) is 1. The van der Waals surface area contributed by atoms with Crippen LogP contribution in [-0.2, 0) is 6.42 Å². The summed E-state index contributed by atoms with van der Waals surface area (Å²) in [5, 5.41) is 12.9. The van der Waals surface area contributed by atoms with Crippen LogP contribution in [0.2, 0.25) is 0 Å². The largest absolute Gasteiger partial charge is 0.508 e. The SMILES string of the molecule is CCC1CC1NC(C)Cc1ccc(O)cc1. The van der Waals surface area contributed by atoms with E-state index < -0.39 is 0 Å². The number of phenols is 1. The van der Waals surface area contributed by atoms with Gasteiger partial charge in [-0.15, -0.1) is 0 Å². The zero-order chi connectivity index (χ0) is 11.5. The van der Waals surface area contributed by atoms with Crippen molar-refractivity contribution in [3.8, 4) is 5.75 Å². The van der Waals surface area contributed by atoms with Crippen LogP contribution in [-0.4, -0.2) is 17.2 Å². The van der Waals surface area contributed by atoms with Crippen LogP contribution in [0.3, 0.4) is 0 Å². The Hall–Kier alpha value is -1.02. The van der Waals surface area contributed by atoms with Crippen molar-refractivity contribution in [2.75, 3.05) is 0 Å². The zero-order valence-corrected chi connectivity index (χ0v) is 10.1. The van der Waals surface area contributed by atoms with Crippen molar-refractivity contribution in [2.24, 2.45) is 5.92 Å². The molecule has 0 saturated heterocycles. The van der Waals surface area contributed by atoms with Crippen LogP contribution < -0.4 is 5.32 Å². The van der Waals surface area contributed by atoms with E-state index in [0.29, 0.717) is 11.8 Å². The summed E-state index contributed by atoms with van der Waals surface area (Å²) >= 11 is 0. The van der Waals surface area contributed by atoms with Gasteiger partial charge in [-0.1, -0.05) is 25.5 Å². The predicted octanol–water partition coefficient (Wildman–Crippen LogP) is 2.71. The molecule has 1 aliphatic carbocycles. The van der Waals surface area contributed by atoms with Gasteiger partial charge in [0.25, 0.3) is 0 Å². The fourth-order valence-electron chi connectivity index (χ4n) is 2.31. The third-order valence-corrected chi connectivity index (χ3v) is 3.42. The average molecular weight is 219 g/mol. The minimum atomic E-state index is 0.345. The standard InChI is InChI=1S/C14H21NO/c1-3-12-9-14(12)15-10(2)8-11-4-6-13(16)7-5-11/h4-7,10,12,14-16H,3,8-9H2,1-2H3. The van der Waals surface area contributed by atoms with Crippen LogP contribution in [0.25, 0.3) is 0 Å². The van der Waals surface area contributed by atoms with Crippen molar-refractivity contribution in [3.63, 3.8) is 0 Å². The summed E-state index contributed by atoms with van der Waals surface area (Å²) in [7, 11) is 0. The summed E-state index contributed by atoms with van der Waals surface area (Å²) in [6.07, 6.45) is 3.67. The Morgan fingerprint density at radius 3 is 2.62 bits per heavy atom. The second-order valence-electron chi connectivity index (χ2n) is 4.95. The third-order valence-electron chi connectivity index (χ3n) is 3.42. The lowest BCUT2D eigenvalue weighted by atomic mass is 10.1. The zero-order valence-electron chi connectivity index (χ0n) is 10.1. The van der Waals surface area contributed by atoms with Gasteiger partial charge in [0.15, 0.2) is 0 Å². The summed E-state index contributed by atoms with van der Waals surface area (Å²) in [4.78, 5) is 0. The van der Waals surface area contributed by atoms with Gasteiger partial charge in [0.1, 0.15) is 5.75 Å². The number of hydrogen-bond acceptors (Lipinski definition) is 2. The van der Waals surface area contributed by atoms with Crippen molar-refractivity contribution in [3.05, 3.63) is 29.8 Å². The van der Waals surface area contributed by atoms with Gasteiger partial charge in [-0.25, -0.2) is 0 Å². The Labute approximate surface area is 97.7 Å². The van der Waals surface area contributed by atoms with Gasteiger partial charge in [-0.2, -0.15) is 0 Å². The third kappa shape index (κ3) is 2.99. The van der Waals surface area contributed by atoms with Crippen LogP contribution in [0.4, 0.5) is 0 Å². The molecule has 2 heteroatoms. The molecule has 1 aliphatic rings. The van der Waals surface area contributed by atoms with E-state index in [4.69, 9.17) is 0 Å². The minimum Gasteiger partial charge on any atom is -0.508 e. The first-order valence-electron chi connectivity index (χ1n) is 6.23. The topological polar surface area (TPSA) is 32.3 Å². The Balaban J connectivity index is 1.79. The van der Waals surface area contributed by atoms with Crippen molar-refractivity contribution in [1.82, 2.24) is 5.32 Å². The van der Waals surface area contributed by atoms with E-state index in [1.165, 1.54) is 18.4 Å². The second-order valence-corrected chi connectivity index (χ2v) is 4.95. The number of aromatic hydroxyl groups is 1. The maximum absolute atomic E-state index is 9.20. The van der Waals surface area contributed by atoms with Crippen molar-refractivity contribution in [2.45, 2.75) is 45.2 Å². The molecule has 1 fully saturated rings. The average Bonchev–Trinajstić information content (AvgIpc) is 3.00. The number of hydrogen-bond donors (Lipinski definition) is 2. The number of phenolic OH excluding ortho intramolecular Hbond substituents is 1. The van der Waals surface area contributed by atoms with Gasteiger partial charge in [0, 0.05) is 12.1 Å². The Morgan fingerprint density at radius 2 is 2.06 bits per heavy atom. The molecule has 88 valence electrons. The molecule has 1 saturated carbocycles. The maximum Gasteiger partial charge on any atom is 0.115 e. The lowest BCUT2D eigenvalue weighted by Crippen LogP contribution is -2.31. The lowest BCUT2D eigenvalue weighted by molar-refractivity contribution is 0.474. The highest BCUT2D eigenvalue weighted by Gasteiger charge is 2.35. The quantitative estimate of drug-likeness (QED) is 0.798. The first kappa shape index (κ1) is 11.5. The van der Waals surface area contributed by atoms with Crippen LogP contribution in [0.5, 0.6) is 5.75 Å². The molecule has 2 N–H and O–H groups in total.